The zero-order valence-electron chi connectivity index (χ0n) is 13.4. The topological polar surface area (TPSA) is 81.9 Å². The number of rotatable bonds is 3. The molecule has 2 heterocycles. The second-order valence-corrected chi connectivity index (χ2v) is 8.36. The summed E-state index contributed by atoms with van der Waals surface area (Å²) in [5.74, 6) is 1.06. The van der Waals surface area contributed by atoms with Crippen molar-refractivity contribution in [2.45, 2.75) is 30.7 Å². The van der Waals surface area contributed by atoms with Crippen molar-refractivity contribution in [2.75, 3.05) is 26.3 Å². The maximum atomic E-state index is 13.0. The maximum absolute atomic E-state index is 13.0. The lowest BCUT2D eigenvalue weighted by Gasteiger charge is -2.34. The highest BCUT2D eigenvalue weighted by molar-refractivity contribution is 7.89. The summed E-state index contributed by atoms with van der Waals surface area (Å²) in [6.45, 7) is 3.64. The minimum absolute atomic E-state index is 0. The molecule has 24 heavy (non-hydrogen) atoms. The predicted molar refractivity (Wildman–Crippen MR) is 94.8 cm³/mol. The van der Waals surface area contributed by atoms with Gasteiger partial charge in [0.15, 0.2) is 11.5 Å². The highest BCUT2D eigenvalue weighted by atomic mass is 35.5. The first-order valence-corrected chi connectivity index (χ1v) is 9.56. The third-order valence-electron chi connectivity index (χ3n) is 4.38. The van der Waals surface area contributed by atoms with Gasteiger partial charge < -0.3 is 15.2 Å². The van der Waals surface area contributed by atoms with Crippen molar-refractivity contribution in [3.05, 3.63) is 17.2 Å². The Bertz CT molecular complexity index is 697. The van der Waals surface area contributed by atoms with Crippen LogP contribution in [-0.4, -0.2) is 45.1 Å². The summed E-state index contributed by atoms with van der Waals surface area (Å²) < 4.78 is 38.3. The van der Waals surface area contributed by atoms with Crippen molar-refractivity contribution in [1.82, 2.24) is 4.31 Å². The lowest BCUT2D eigenvalue weighted by molar-refractivity contribution is 0.171. The molecule has 1 aromatic rings. The number of ether oxygens (including phenoxy) is 2. The number of nitrogens with two attached hydrogens (primary N) is 1. The number of hydrogen-bond acceptors (Lipinski definition) is 5. The molecule has 2 aliphatic heterocycles. The minimum atomic E-state index is -3.68. The SMILES string of the molecule is CC(N)C1CCCN(S(=O)(=O)c2cc3c(cc2Cl)OCCO3)C1.Cl. The molecule has 0 aromatic heterocycles. The first-order chi connectivity index (χ1) is 10.9. The number of benzene rings is 1. The third-order valence-corrected chi connectivity index (χ3v) is 6.71. The first kappa shape index (κ1) is 19.6. The number of halogens is 2. The van der Waals surface area contributed by atoms with Crippen LogP contribution in [-0.2, 0) is 10.0 Å². The molecule has 0 spiro atoms. The molecule has 2 aliphatic rings. The van der Waals surface area contributed by atoms with Gasteiger partial charge in [0.1, 0.15) is 18.1 Å². The molecule has 2 N–H and O–H groups in total. The van der Waals surface area contributed by atoms with E-state index in [1.807, 2.05) is 6.92 Å². The summed E-state index contributed by atoms with van der Waals surface area (Å²) in [7, 11) is -3.68. The van der Waals surface area contributed by atoms with Gasteiger partial charge in [0.25, 0.3) is 0 Å². The number of fused-ring (bicyclic) bond motifs is 1. The molecule has 0 saturated carbocycles. The summed E-state index contributed by atoms with van der Waals surface area (Å²) in [5.41, 5.74) is 5.95. The molecule has 6 nitrogen and oxygen atoms in total. The Morgan fingerprint density at radius 3 is 2.54 bits per heavy atom. The molecule has 1 aromatic carbocycles. The lowest BCUT2D eigenvalue weighted by Crippen LogP contribution is -2.45. The second-order valence-electron chi connectivity index (χ2n) is 6.05. The zero-order valence-corrected chi connectivity index (χ0v) is 15.8. The molecular weight excluding hydrogens is 375 g/mol. The van der Waals surface area contributed by atoms with Crippen LogP contribution >= 0.6 is 24.0 Å². The van der Waals surface area contributed by atoms with Crippen molar-refractivity contribution in [1.29, 1.82) is 0 Å². The average molecular weight is 397 g/mol. The van der Waals surface area contributed by atoms with E-state index in [1.165, 1.54) is 16.4 Å². The van der Waals surface area contributed by atoms with Gasteiger partial charge in [-0.1, -0.05) is 11.6 Å². The van der Waals surface area contributed by atoms with Crippen LogP contribution in [0.4, 0.5) is 0 Å². The Balaban J connectivity index is 0.00000208. The van der Waals surface area contributed by atoms with Gasteiger partial charge in [0.2, 0.25) is 10.0 Å². The molecule has 9 heteroatoms. The molecule has 0 aliphatic carbocycles. The Morgan fingerprint density at radius 2 is 1.92 bits per heavy atom. The zero-order chi connectivity index (χ0) is 16.6. The molecule has 0 bridgehead atoms. The highest BCUT2D eigenvalue weighted by Crippen LogP contribution is 2.39. The Morgan fingerprint density at radius 1 is 1.29 bits per heavy atom. The maximum Gasteiger partial charge on any atom is 0.244 e. The van der Waals surface area contributed by atoms with Gasteiger partial charge in [0, 0.05) is 31.3 Å². The smallest absolute Gasteiger partial charge is 0.244 e. The molecule has 0 amide bonds. The van der Waals surface area contributed by atoms with E-state index in [-0.39, 0.29) is 34.3 Å². The van der Waals surface area contributed by atoms with Crippen molar-refractivity contribution >= 4 is 34.0 Å². The molecule has 136 valence electrons. The minimum Gasteiger partial charge on any atom is -0.486 e. The molecule has 2 atom stereocenters. The normalized spacial score (nSPS) is 22.5. The van der Waals surface area contributed by atoms with E-state index in [0.717, 1.165) is 12.8 Å². The summed E-state index contributed by atoms with van der Waals surface area (Å²) in [4.78, 5) is 0.0636. The lowest BCUT2D eigenvalue weighted by atomic mass is 9.93. The van der Waals surface area contributed by atoms with Gasteiger partial charge in [-0.05, 0) is 25.7 Å². The van der Waals surface area contributed by atoms with Crippen LogP contribution in [0.15, 0.2) is 17.0 Å². The summed E-state index contributed by atoms with van der Waals surface area (Å²) in [6.07, 6.45) is 1.74. The van der Waals surface area contributed by atoms with Crippen LogP contribution in [0.3, 0.4) is 0 Å². The van der Waals surface area contributed by atoms with Crippen LogP contribution in [0, 0.1) is 5.92 Å². The van der Waals surface area contributed by atoms with Crippen LogP contribution in [0.25, 0.3) is 0 Å². The van der Waals surface area contributed by atoms with Crippen LogP contribution in [0.2, 0.25) is 5.02 Å². The molecule has 0 radical (unpaired) electrons. The molecule has 1 fully saturated rings. The monoisotopic (exact) mass is 396 g/mol. The van der Waals surface area contributed by atoms with Crippen molar-refractivity contribution in [3.8, 4) is 11.5 Å². The van der Waals surface area contributed by atoms with Crippen molar-refractivity contribution < 1.29 is 17.9 Å². The van der Waals surface area contributed by atoms with E-state index in [4.69, 9.17) is 26.8 Å². The highest BCUT2D eigenvalue weighted by Gasteiger charge is 2.34. The molecular formula is C15H22Cl2N2O4S. The van der Waals surface area contributed by atoms with E-state index in [2.05, 4.69) is 0 Å². The van der Waals surface area contributed by atoms with E-state index in [1.54, 1.807) is 0 Å². The van der Waals surface area contributed by atoms with E-state index >= 15 is 0 Å². The van der Waals surface area contributed by atoms with Gasteiger partial charge in [-0.25, -0.2) is 8.42 Å². The van der Waals surface area contributed by atoms with Crippen LogP contribution in [0.5, 0.6) is 11.5 Å². The van der Waals surface area contributed by atoms with E-state index in [0.29, 0.717) is 37.8 Å². The first-order valence-electron chi connectivity index (χ1n) is 7.74. The van der Waals surface area contributed by atoms with Gasteiger partial charge in [0.05, 0.1) is 5.02 Å². The summed E-state index contributed by atoms with van der Waals surface area (Å²) in [6, 6.07) is 2.93. The van der Waals surface area contributed by atoms with E-state index in [9.17, 15) is 8.42 Å². The molecule has 3 rings (SSSR count). The van der Waals surface area contributed by atoms with Crippen molar-refractivity contribution in [2.24, 2.45) is 11.7 Å². The summed E-state index contributed by atoms with van der Waals surface area (Å²) in [5, 5.41) is 0.150. The fourth-order valence-electron chi connectivity index (χ4n) is 3.00. The largest absolute Gasteiger partial charge is 0.486 e. The fraction of sp³-hybridized carbons (Fsp3) is 0.600. The van der Waals surface area contributed by atoms with Gasteiger partial charge in [-0.15, -0.1) is 12.4 Å². The third kappa shape index (κ3) is 3.75. The Kier molecular flexibility index (Phi) is 6.25. The Hall–Kier alpha value is -0.730. The predicted octanol–water partition coefficient (Wildman–Crippen LogP) is 2.28. The van der Waals surface area contributed by atoms with Gasteiger partial charge in [-0.3, -0.25) is 0 Å². The number of nitrogens with zero attached hydrogens (tertiary/aromatic N) is 1. The van der Waals surface area contributed by atoms with E-state index < -0.39 is 10.0 Å². The van der Waals surface area contributed by atoms with Crippen molar-refractivity contribution in [3.63, 3.8) is 0 Å². The van der Waals surface area contributed by atoms with Gasteiger partial charge in [-0.2, -0.15) is 4.31 Å². The number of piperidine rings is 1. The molecule has 1 saturated heterocycles. The Labute approximate surface area is 153 Å². The van der Waals surface area contributed by atoms with Gasteiger partial charge >= 0.3 is 0 Å². The van der Waals surface area contributed by atoms with Crippen LogP contribution < -0.4 is 15.2 Å². The fourth-order valence-corrected chi connectivity index (χ4v) is 5.05. The summed E-state index contributed by atoms with van der Waals surface area (Å²) >= 11 is 6.20. The quantitative estimate of drug-likeness (QED) is 0.846. The number of hydrogen-bond donors (Lipinski definition) is 1. The van der Waals surface area contributed by atoms with Crippen LogP contribution in [0.1, 0.15) is 19.8 Å². The second kappa shape index (κ2) is 7.66. The average Bonchev–Trinajstić information content (AvgIpc) is 2.54. The molecule has 2 unspecified atom stereocenters. The number of sulfonamides is 1. The standard InChI is InChI=1S/C15H21ClN2O4S.ClH/c1-10(17)11-3-2-4-18(9-11)23(19,20)15-8-14-13(7-12(15)16)21-5-6-22-14;/h7-8,10-11H,2-6,9,17H2,1H3;1H.